The molecular formula is C16H15FN2O2. The van der Waals surface area contributed by atoms with Crippen LogP contribution in [-0.4, -0.2) is 14.2 Å². The lowest BCUT2D eigenvalue weighted by molar-refractivity contribution is 0.386. The van der Waals surface area contributed by atoms with Crippen LogP contribution in [0.15, 0.2) is 42.5 Å². The summed E-state index contributed by atoms with van der Waals surface area (Å²) >= 11 is 0. The third-order valence-electron chi connectivity index (χ3n) is 3.05. The van der Waals surface area contributed by atoms with Crippen molar-refractivity contribution in [1.29, 1.82) is 5.26 Å². The summed E-state index contributed by atoms with van der Waals surface area (Å²) in [6.07, 6.45) is 0. The largest absolute Gasteiger partial charge is 0.495 e. The molecule has 0 aromatic heterocycles. The topological polar surface area (TPSA) is 54.3 Å². The highest BCUT2D eigenvalue weighted by Crippen LogP contribution is 2.29. The molecule has 0 aliphatic heterocycles. The van der Waals surface area contributed by atoms with Gasteiger partial charge in [-0.3, -0.25) is 0 Å². The quantitative estimate of drug-likeness (QED) is 0.913. The van der Waals surface area contributed by atoms with Crippen molar-refractivity contribution < 1.29 is 13.9 Å². The number of ether oxygens (including phenoxy) is 2. The molecule has 108 valence electrons. The van der Waals surface area contributed by atoms with Gasteiger partial charge in [0.25, 0.3) is 0 Å². The van der Waals surface area contributed by atoms with Gasteiger partial charge < -0.3 is 14.8 Å². The van der Waals surface area contributed by atoms with E-state index in [2.05, 4.69) is 11.4 Å². The zero-order valence-corrected chi connectivity index (χ0v) is 11.8. The molecule has 0 aliphatic carbocycles. The molecule has 0 heterocycles. The first-order chi connectivity index (χ1) is 10.2. The molecule has 0 aliphatic rings. The summed E-state index contributed by atoms with van der Waals surface area (Å²) in [5.41, 5.74) is 1.18. The van der Waals surface area contributed by atoms with Crippen LogP contribution < -0.4 is 14.8 Å². The van der Waals surface area contributed by atoms with E-state index in [1.165, 1.54) is 19.2 Å². The van der Waals surface area contributed by atoms with Gasteiger partial charge in [-0.2, -0.15) is 5.26 Å². The predicted molar refractivity (Wildman–Crippen MR) is 77.9 cm³/mol. The van der Waals surface area contributed by atoms with Crippen molar-refractivity contribution in [2.24, 2.45) is 0 Å². The molecule has 1 unspecified atom stereocenters. The molecule has 0 spiro atoms. The molecule has 21 heavy (non-hydrogen) atoms. The monoisotopic (exact) mass is 286 g/mol. The molecular weight excluding hydrogens is 271 g/mol. The Balaban J connectivity index is 2.28. The average Bonchev–Trinajstić information content (AvgIpc) is 2.52. The summed E-state index contributed by atoms with van der Waals surface area (Å²) in [5, 5.41) is 12.4. The van der Waals surface area contributed by atoms with Crippen molar-refractivity contribution in [2.45, 2.75) is 6.04 Å². The number of hydrogen-bond acceptors (Lipinski definition) is 4. The van der Waals surface area contributed by atoms with Crippen LogP contribution >= 0.6 is 0 Å². The molecule has 1 N–H and O–H groups in total. The number of rotatable bonds is 5. The van der Waals surface area contributed by atoms with E-state index in [9.17, 15) is 9.65 Å². The predicted octanol–water partition coefficient (Wildman–Crippen LogP) is 3.52. The number of hydrogen-bond donors (Lipinski definition) is 1. The molecule has 0 radical (unpaired) electrons. The highest BCUT2D eigenvalue weighted by molar-refractivity contribution is 5.58. The highest BCUT2D eigenvalue weighted by Gasteiger charge is 2.15. The van der Waals surface area contributed by atoms with E-state index in [1.54, 1.807) is 25.3 Å². The minimum absolute atomic E-state index is 0.146. The Morgan fingerprint density at radius 2 is 1.81 bits per heavy atom. The lowest BCUT2D eigenvalue weighted by atomic mass is 10.1. The van der Waals surface area contributed by atoms with Gasteiger partial charge in [-0.25, -0.2) is 4.39 Å². The molecule has 2 aromatic rings. The van der Waals surface area contributed by atoms with E-state index < -0.39 is 11.9 Å². The van der Waals surface area contributed by atoms with Crippen molar-refractivity contribution in [3.05, 3.63) is 53.8 Å². The van der Waals surface area contributed by atoms with Gasteiger partial charge >= 0.3 is 0 Å². The summed E-state index contributed by atoms with van der Waals surface area (Å²) in [6, 6.07) is 13.1. The minimum atomic E-state index is -0.693. The van der Waals surface area contributed by atoms with Gasteiger partial charge in [-0.05, 0) is 29.8 Å². The van der Waals surface area contributed by atoms with Crippen molar-refractivity contribution in [3.8, 4) is 17.6 Å². The maximum absolute atomic E-state index is 13.7. The minimum Gasteiger partial charge on any atom is -0.495 e. The van der Waals surface area contributed by atoms with Crippen molar-refractivity contribution in [1.82, 2.24) is 0 Å². The van der Waals surface area contributed by atoms with Crippen molar-refractivity contribution in [2.75, 3.05) is 19.5 Å². The fraction of sp³-hybridized carbons (Fsp3) is 0.188. The maximum atomic E-state index is 13.7. The summed E-state index contributed by atoms with van der Waals surface area (Å²) in [6.45, 7) is 0. The highest BCUT2D eigenvalue weighted by atomic mass is 19.1. The molecule has 2 rings (SSSR count). The first kappa shape index (κ1) is 14.7. The van der Waals surface area contributed by atoms with Gasteiger partial charge in [-0.15, -0.1) is 0 Å². The average molecular weight is 286 g/mol. The van der Waals surface area contributed by atoms with E-state index in [4.69, 9.17) is 9.47 Å². The van der Waals surface area contributed by atoms with E-state index in [0.29, 0.717) is 17.0 Å². The van der Waals surface area contributed by atoms with Crippen LogP contribution in [0.4, 0.5) is 10.1 Å². The van der Waals surface area contributed by atoms with E-state index >= 15 is 0 Å². The second kappa shape index (κ2) is 6.62. The van der Waals surface area contributed by atoms with Crippen LogP contribution in [0, 0.1) is 17.1 Å². The Morgan fingerprint density at radius 1 is 1.10 bits per heavy atom. The SMILES string of the molecule is COc1ccc(C(C#N)Nc2ccccc2OC)cc1F. The van der Waals surface area contributed by atoms with Crippen LogP contribution in [0.1, 0.15) is 11.6 Å². The smallest absolute Gasteiger partial charge is 0.165 e. The summed E-state index contributed by atoms with van der Waals surface area (Å²) in [5.74, 6) is 0.261. The van der Waals surface area contributed by atoms with E-state index in [0.717, 1.165) is 0 Å². The molecule has 0 saturated heterocycles. The van der Waals surface area contributed by atoms with Gasteiger partial charge in [0, 0.05) is 0 Å². The van der Waals surface area contributed by atoms with Gasteiger partial charge in [0.15, 0.2) is 11.6 Å². The third kappa shape index (κ3) is 3.23. The molecule has 0 fully saturated rings. The second-order valence-electron chi connectivity index (χ2n) is 4.30. The van der Waals surface area contributed by atoms with Gasteiger partial charge in [-0.1, -0.05) is 18.2 Å². The Bertz CT molecular complexity index is 668. The lowest BCUT2D eigenvalue weighted by Crippen LogP contribution is -2.09. The molecule has 1 atom stereocenters. The number of anilines is 1. The second-order valence-corrected chi connectivity index (χ2v) is 4.30. The summed E-state index contributed by atoms with van der Waals surface area (Å²) in [4.78, 5) is 0. The van der Waals surface area contributed by atoms with Crippen LogP contribution in [-0.2, 0) is 0 Å². The van der Waals surface area contributed by atoms with Gasteiger partial charge in [0.1, 0.15) is 11.8 Å². The molecule has 2 aromatic carbocycles. The normalized spacial score (nSPS) is 11.3. The number of para-hydroxylation sites is 2. The summed E-state index contributed by atoms with van der Waals surface area (Å²) in [7, 11) is 2.95. The zero-order valence-electron chi connectivity index (χ0n) is 11.8. The molecule has 0 saturated carbocycles. The van der Waals surface area contributed by atoms with Crippen LogP contribution in [0.2, 0.25) is 0 Å². The van der Waals surface area contributed by atoms with E-state index in [1.807, 2.05) is 12.1 Å². The van der Waals surface area contributed by atoms with Crippen LogP contribution in [0.25, 0.3) is 0 Å². The summed E-state index contributed by atoms with van der Waals surface area (Å²) < 4.78 is 23.8. The number of benzene rings is 2. The third-order valence-corrected chi connectivity index (χ3v) is 3.05. The Kier molecular flexibility index (Phi) is 4.62. The van der Waals surface area contributed by atoms with Crippen molar-refractivity contribution >= 4 is 5.69 Å². The van der Waals surface area contributed by atoms with Crippen LogP contribution in [0.3, 0.4) is 0 Å². The fourth-order valence-corrected chi connectivity index (χ4v) is 1.97. The zero-order chi connectivity index (χ0) is 15.2. The molecule has 0 bridgehead atoms. The maximum Gasteiger partial charge on any atom is 0.165 e. The molecule has 0 amide bonds. The molecule has 4 nitrogen and oxygen atoms in total. The Hall–Kier alpha value is -2.74. The van der Waals surface area contributed by atoms with Gasteiger partial charge in [0.05, 0.1) is 26.0 Å². The van der Waals surface area contributed by atoms with Gasteiger partial charge in [0.2, 0.25) is 0 Å². The van der Waals surface area contributed by atoms with E-state index in [-0.39, 0.29) is 5.75 Å². The number of nitriles is 1. The number of methoxy groups -OCH3 is 2. The Morgan fingerprint density at radius 3 is 2.43 bits per heavy atom. The fourth-order valence-electron chi connectivity index (χ4n) is 1.97. The Labute approximate surface area is 122 Å². The first-order valence-corrected chi connectivity index (χ1v) is 6.32. The standard InChI is InChI=1S/C16H15FN2O2/c1-20-15-8-7-11(9-12(15)17)14(10-18)19-13-5-3-4-6-16(13)21-2/h3-9,14,19H,1-2H3. The van der Waals surface area contributed by atoms with Crippen LogP contribution in [0.5, 0.6) is 11.5 Å². The molecule has 5 heteroatoms. The lowest BCUT2D eigenvalue weighted by Gasteiger charge is -2.16. The van der Waals surface area contributed by atoms with Crippen molar-refractivity contribution in [3.63, 3.8) is 0 Å². The number of nitrogens with one attached hydrogen (secondary N) is 1. The first-order valence-electron chi connectivity index (χ1n) is 6.32. The number of nitrogens with zero attached hydrogens (tertiary/aromatic N) is 1. The number of halogens is 1.